The number of benzene rings is 3. The average Bonchev–Trinajstić information content (AvgIpc) is 3.39. The largest absolute Gasteiger partial charge is 0.497 e. The Morgan fingerprint density at radius 3 is 2.28 bits per heavy atom. The predicted octanol–water partition coefficient (Wildman–Crippen LogP) is 5.56. The molecule has 3 aromatic carbocycles. The molecular weight excluding hydrogens is 513 g/mol. The minimum atomic E-state index is -4.48. The zero-order valence-corrected chi connectivity index (χ0v) is 21.5. The van der Waals surface area contributed by atoms with Gasteiger partial charge in [0.15, 0.2) is 0 Å². The maximum atomic E-state index is 13.4. The van der Waals surface area contributed by atoms with Gasteiger partial charge in [-0.1, -0.05) is 24.3 Å². The molecule has 0 bridgehead atoms. The molecule has 1 unspecified atom stereocenters. The Morgan fingerprint density at radius 2 is 1.67 bits per heavy atom. The Kier molecular flexibility index (Phi) is 8.08. The molecule has 0 fully saturated rings. The summed E-state index contributed by atoms with van der Waals surface area (Å²) in [5, 5.41) is 8.48. The molecule has 0 aliphatic carbocycles. The van der Waals surface area contributed by atoms with Gasteiger partial charge in [0.2, 0.25) is 0 Å². The number of anilines is 1. The number of hydrogen-bond donors (Lipinski definition) is 1. The van der Waals surface area contributed by atoms with Crippen LogP contribution in [0.4, 0.5) is 23.7 Å². The fourth-order valence-electron chi connectivity index (χ4n) is 4.11. The van der Waals surface area contributed by atoms with Crippen LogP contribution in [0.1, 0.15) is 29.2 Å². The maximum Gasteiger partial charge on any atom is 0.416 e. The zero-order valence-electron chi connectivity index (χ0n) is 21.5. The lowest BCUT2D eigenvalue weighted by Crippen LogP contribution is -2.41. The van der Waals surface area contributed by atoms with E-state index in [1.54, 1.807) is 26.4 Å². The third kappa shape index (κ3) is 6.49. The molecule has 3 amide bonds. The number of ether oxygens (including phenoxy) is 2. The van der Waals surface area contributed by atoms with Crippen molar-refractivity contribution in [1.82, 2.24) is 9.91 Å². The van der Waals surface area contributed by atoms with Crippen LogP contribution in [0.15, 0.2) is 77.9 Å². The Morgan fingerprint density at radius 1 is 1.00 bits per heavy atom. The van der Waals surface area contributed by atoms with Crippen LogP contribution < -0.4 is 14.8 Å². The topological polar surface area (TPSA) is 83.5 Å². The Hall–Kier alpha value is -4.54. The number of methoxy groups -OCH3 is 2. The molecule has 1 aliphatic rings. The summed E-state index contributed by atoms with van der Waals surface area (Å²) in [5.74, 6) is 0.891. The predicted molar refractivity (Wildman–Crippen MR) is 140 cm³/mol. The van der Waals surface area contributed by atoms with E-state index in [2.05, 4.69) is 10.4 Å². The first-order valence-electron chi connectivity index (χ1n) is 12.0. The number of nitrogens with one attached hydrogen (secondary N) is 1. The van der Waals surface area contributed by atoms with Gasteiger partial charge in [-0.2, -0.15) is 18.3 Å². The highest BCUT2D eigenvalue weighted by Crippen LogP contribution is 2.34. The summed E-state index contributed by atoms with van der Waals surface area (Å²) in [7, 11) is 4.55. The fourth-order valence-corrected chi connectivity index (χ4v) is 4.11. The van der Waals surface area contributed by atoms with E-state index < -0.39 is 29.7 Å². The molecule has 8 nitrogen and oxygen atoms in total. The molecule has 0 spiro atoms. The number of hydrogen-bond acceptors (Lipinski definition) is 5. The molecule has 1 N–H and O–H groups in total. The van der Waals surface area contributed by atoms with E-state index in [4.69, 9.17) is 9.47 Å². The van der Waals surface area contributed by atoms with Crippen molar-refractivity contribution >= 4 is 23.3 Å². The van der Waals surface area contributed by atoms with E-state index >= 15 is 0 Å². The molecular formula is C28H27F3N4O4. The molecule has 1 aliphatic heterocycles. The van der Waals surface area contributed by atoms with Crippen molar-refractivity contribution in [2.75, 3.05) is 33.1 Å². The van der Waals surface area contributed by atoms with E-state index in [-0.39, 0.29) is 12.2 Å². The van der Waals surface area contributed by atoms with Crippen LogP contribution in [-0.4, -0.2) is 55.4 Å². The summed E-state index contributed by atoms with van der Waals surface area (Å²) in [5.41, 5.74) is 1.66. The number of rotatable bonds is 7. The monoisotopic (exact) mass is 540 g/mol. The molecule has 1 heterocycles. The molecule has 11 heteroatoms. The fraction of sp³-hybridized carbons (Fsp3) is 0.250. The van der Waals surface area contributed by atoms with E-state index in [0.29, 0.717) is 23.6 Å². The minimum Gasteiger partial charge on any atom is -0.497 e. The summed E-state index contributed by atoms with van der Waals surface area (Å²) < 4.78 is 49.0. The molecule has 0 radical (unpaired) electrons. The van der Waals surface area contributed by atoms with Gasteiger partial charge in [0.1, 0.15) is 18.0 Å². The van der Waals surface area contributed by atoms with Gasteiger partial charge in [-0.15, -0.1) is 0 Å². The summed E-state index contributed by atoms with van der Waals surface area (Å²) in [6.07, 6.45) is -4.04. The quantitative estimate of drug-likeness (QED) is 0.425. The van der Waals surface area contributed by atoms with E-state index in [1.807, 2.05) is 36.4 Å². The highest BCUT2D eigenvalue weighted by atomic mass is 19.4. The second kappa shape index (κ2) is 11.5. The maximum absolute atomic E-state index is 13.4. The Bertz CT molecular complexity index is 1360. The number of likely N-dealkylation sites (N-methyl/N-ethyl adjacent to an activating group) is 1. The second-order valence-electron chi connectivity index (χ2n) is 8.87. The summed E-state index contributed by atoms with van der Waals surface area (Å²) in [6, 6.07) is 17.7. The SMILES string of the molecule is COc1ccc(C2CC(c3cccc(OC)c3)=NN2C(=O)CN(C)C(=O)Nc2ccc(C(F)(F)F)cc2)cc1. The van der Waals surface area contributed by atoms with Gasteiger partial charge in [0.25, 0.3) is 5.91 Å². The highest BCUT2D eigenvalue weighted by molar-refractivity contribution is 6.03. The van der Waals surface area contributed by atoms with Crippen LogP contribution in [0.2, 0.25) is 0 Å². The van der Waals surface area contributed by atoms with Crippen LogP contribution in [0.25, 0.3) is 0 Å². The molecule has 0 saturated carbocycles. The van der Waals surface area contributed by atoms with Crippen molar-refractivity contribution in [3.8, 4) is 11.5 Å². The normalized spacial score (nSPS) is 15.0. The summed E-state index contributed by atoms with van der Waals surface area (Å²) in [6.45, 7) is -0.311. The number of nitrogens with zero attached hydrogens (tertiary/aromatic N) is 3. The molecule has 0 aromatic heterocycles. The van der Waals surface area contributed by atoms with Crippen LogP contribution in [-0.2, 0) is 11.0 Å². The van der Waals surface area contributed by atoms with Crippen molar-refractivity contribution in [2.45, 2.75) is 18.6 Å². The summed E-state index contributed by atoms with van der Waals surface area (Å²) >= 11 is 0. The number of halogens is 3. The first kappa shape index (κ1) is 27.5. The molecule has 0 saturated heterocycles. The molecule has 3 aromatic rings. The van der Waals surface area contributed by atoms with Gasteiger partial charge in [-0.3, -0.25) is 4.79 Å². The lowest BCUT2D eigenvalue weighted by atomic mass is 9.98. The smallest absolute Gasteiger partial charge is 0.416 e. The minimum absolute atomic E-state index is 0.169. The first-order chi connectivity index (χ1) is 18.6. The number of carbonyl (C=O) groups is 2. The Labute approximate surface area is 223 Å². The van der Waals surface area contributed by atoms with Crippen LogP contribution in [0.3, 0.4) is 0 Å². The van der Waals surface area contributed by atoms with Crippen molar-refractivity contribution < 1.29 is 32.2 Å². The van der Waals surface area contributed by atoms with E-state index in [1.165, 1.54) is 12.1 Å². The van der Waals surface area contributed by atoms with Crippen LogP contribution in [0.5, 0.6) is 11.5 Å². The van der Waals surface area contributed by atoms with Gasteiger partial charge in [0.05, 0.1) is 31.5 Å². The van der Waals surface area contributed by atoms with Gasteiger partial charge in [-0.25, -0.2) is 9.80 Å². The molecule has 39 heavy (non-hydrogen) atoms. The molecule has 1 atom stereocenters. The van der Waals surface area contributed by atoms with Gasteiger partial charge < -0.3 is 19.7 Å². The lowest BCUT2D eigenvalue weighted by Gasteiger charge is -2.25. The number of amides is 3. The van der Waals surface area contributed by atoms with Gasteiger partial charge in [0, 0.05) is 24.7 Å². The number of carbonyl (C=O) groups excluding carboxylic acids is 2. The highest BCUT2D eigenvalue weighted by Gasteiger charge is 2.34. The molecule has 204 valence electrons. The zero-order chi connectivity index (χ0) is 28.2. The van der Waals surface area contributed by atoms with Crippen molar-refractivity contribution in [3.63, 3.8) is 0 Å². The van der Waals surface area contributed by atoms with E-state index in [9.17, 15) is 22.8 Å². The third-order valence-electron chi connectivity index (χ3n) is 6.25. The number of alkyl halides is 3. The van der Waals surface area contributed by atoms with Gasteiger partial charge >= 0.3 is 12.2 Å². The van der Waals surface area contributed by atoms with Gasteiger partial charge in [-0.05, 0) is 54.1 Å². The third-order valence-corrected chi connectivity index (χ3v) is 6.25. The number of urea groups is 1. The van der Waals surface area contributed by atoms with Crippen molar-refractivity contribution in [2.24, 2.45) is 5.10 Å². The Balaban J connectivity index is 1.51. The number of hydrazone groups is 1. The first-order valence-corrected chi connectivity index (χ1v) is 12.0. The van der Waals surface area contributed by atoms with Crippen LogP contribution in [0, 0.1) is 0 Å². The summed E-state index contributed by atoms with van der Waals surface area (Å²) in [4.78, 5) is 27.2. The molecule has 4 rings (SSSR count). The average molecular weight is 541 g/mol. The second-order valence-corrected chi connectivity index (χ2v) is 8.87. The van der Waals surface area contributed by atoms with E-state index in [0.717, 1.165) is 40.3 Å². The lowest BCUT2D eigenvalue weighted by molar-refractivity contribution is -0.137. The van der Waals surface area contributed by atoms with Crippen LogP contribution >= 0.6 is 0 Å². The standard InChI is InChI=1S/C28H27F3N4O4/c1-34(27(37)32-21-11-9-20(10-12-21)28(29,30)31)17-26(36)35-25(18-7-13-22(38-2)14-8-18)16-24(33-35)19-5-4-6-23(15-19)39-3/h4-15,25H,16-17H2,1-3H3,(H,32,37). The van der Waals surface area contributed by atoms with Crippen molar-refractivity contribution in [3.05, 3.63) is 89.5 Å². The van der Waals surface area contributed by atoms with Crippen molar-refractivity contribution in [1.29, 1.82) is 0 Å².